The van der Waals surface area contributed by atoms with Crippen molar-refractivity contribution in [3.05, 3.63) is 63.9 Å². The van der Waals surface area contributed by atoms with Crippen LogP contribution in [0, 0.1) is 17.7 Å². The first-order valence-electron chi connectivity index (χ1n) is 8.65. The number of nitrogens with one attached hydrogen (secondary N) is 3. The Bertz CT molecular complexity index is 906. The summed E-state index contributed by atoms with van der Waals surface area (Å²) in [5.41, 5.74) is 6.79. The molecule has 2 aromatic rings. The van der Waals surface area contributed by atoms with Gasteiger partial charge in [-0.2, -0.15) is 0 Å². The van der Waals surface area contributed by atoms with Crippen LogP contribution in [0.3, 0.4) is 0 Å². The molecule has 0 spiro atoms. The van der Waals surface area contributed by atoms with E-state index < -0.39 is 0 Å². The van der Waals surface area contributed by atoms with E-state index in [-0.39, 0.29) is 23.6 Å². The number of hydrogen-bond acceptors (Lipinski definition) is 5. The molecule has 1 aliphatic rings. The third-order valence-corrected chi connectivity index (χ3v) is 5.07. The largest absolute Gasteiger partial charge is 0.386 e. The van der Waals surface area contributed by atoms with Gasteiger partial charge in [0.15, 0.2) is 0 Å². The van der Waals surface area contributed by atoms with Crippen LogP contribution in [0.1, 0.15) is 33.0 Å². The number of benzene rings is 1. The molecule has 5 N–H and O–H groups in total. The minimum absolute atomic E-state index is 0.101. The SMILES string of the molecule is C=C(N)Nc1cc(C#Cc2cccc(F)c2)sc1C(=O)NC1CCCNC1. The van der Waals surface area contributed by atoms with Crippen molar-refractivity contribution in [2.24, 2.45) is 5.73 Å². The lowest BCUT2D eigenvalue weighted by Gasteiger charge is -2.23. The van der Waals surface area contributed by atoms with Gasteiger partial charge in [-0.25, -0.2) is 4.39 Å². The molecule has 3 rings (SSSR count). The number of carbonyl (C=O) groups excluding carboxylic acids is 1. The number of hydrogen-bond donors (Lipinski definition) is 4. The van der Waals surface area contributed by atoms with Gasteiger partial charge in [-0.3, -0.25) is 4.79 Å². The highest BCUT2D eigenvalue weighted by Crippen LogP contribution is 2.27. The van der Waals surface area contributed by atoms with Crippen LogP contribution in [0.25, 0.3) is 0 Å². The van der Waals surface area contributed by atoms with E-state index in [2.05, 4.69) is 34.4 Å². The first-order chi connectivity index (χ1) is 13.0. The molecule has 1 aromatic carbocycles. The molecule has 1 atom stereocenters. The van der Waals surface area contributed by atoms with E-state index in [0.29, 0.717) is 21.0 Å². The highest BCUT2D eigenvalue weighted by Gasteiger charge is 2.20. The summed E-state index contributed by atoms with van der Waals surface area (Å²) in [6, 6.07) is 7.93. The van der Waals surface area contributed by atoms with Crippen molar-refractivity contribution in [2.75, 3.05) is 18.4 Å². The summed E-state index contributed by atoms with van der Waals surface area (Å²) in [5.74, 6) is 5.63. The third-order valence-electron chi connectivity index (χ3n) is 4.02. The van der Waals surface area contributed by atoms with Gasteiger partial charge in [-0.15, -0.1) is 11.3 Å². The van der Waals surface area contributed by atoms with E-state index in [9.17, 15) is 9.18 Å². The van der Waals surface area contributed by atoms with Gasteiger partial charge in [-0.05, 0) is 43.7 Å². The third kappa shape index (κ3) is 5.33. The Morgan fingerprint density at radius 1 is 1.37 bits per heavy atom. The van der Waals surface area contributed by atoms with Crippen molar-refractivity contribution in [2.45, 2.75) is 18.9 Å². The Balaban J connectivity index is 1.82. The maximum absolute atomic E-state index is 13.3. The lowest BCUT2D eigenvalue weighted by Crippen LogP contribution is -2.45. The van der Waals surface area contributed by atoms with Crippen LogP contribution in [-0.2, 0) is 0 Å². The molecule has 27 heavy (non-hydrogen) atoms. The van der Waals surface area contributed by atoms with Gasteiger partial charge in [0.05, 0.1) is 16.4 Å². The number of anilines is 1. The zero-order valence-electron chi connectivity index (χ0n) is 14.8. The van der Waals surface area contributed by atoms with Crippen molar-refractivity contribution in [1.29, 1.82) is 0 Å². The van der Waals surface area contributed by atoms with Gasteiger partial charge in [-0.1, -0.05) is 24.5 Å². The van der Waals surface area contributed by atoms with Crippen molar-refractivity contribution in [3.8, 4) is 11.8 Å². The number of carbonyl (C=O) groups is 1. The van der Waals surface area contributed by atoms with Crippen LogP contribution in [0.5, 0.6) is 0 Å². The lowest BCUT2D eigenvalue weighted by molar-refractivity contribution is 0.0935. The summed E-state index contributed by atoms with van der Waals surface area (Å²) in [5, 5.41) is 9.23. The van der Waals surface area contributed by atoms with Gasteiger partial charge in [0.1, 0.15) is 10.7 Å². The molecule has 1 aromatic heterocycles. The molecule has 140 valence electrons. The van der Waals surface area contributed by atoms with Gasteiger partial charge in [0.25, 0.3) is 5.91 Å². The Morgan fingerprint density at radius 2 is 2.22 bits per heavy atom. The second-order valence-corrected chi connectivity index (χ2v) is 7.33. The van der Waals surface area contributed by atoms with Crippen LogP contribution < -0.4 is 21.7 Å². The van der Waals surface area contributed by atoms with Gasteiger partial charge < -0.3 is 21.7 Å². The maximum atomic E-state index is 13.3. The molecular weight excluding hydrogens is 363 g/mol. The molecule has 2 heterocycles. The molecule has 7 heteroatoms. The second-order valence-electron chi connectivity index (χ2n) is 6.28. The molecule has 1 unspecified atom stereocenters. The standard InChI is InChI=1S/C20H21FN4OS/c1-13(22)24-18-11-17(8-7-14-4-2-5-15(21)10-14)27-19(18)20(26)25-16-6-3-9-23-12-16/h2,4-5,10-11,16,23-24H,1,3,6,9,12,22H2,(H,25,26). The molecule has 1 aliphatic heterocycles. The van der Waals surface area contributed by atoms with E-state index in [1.807, 2.05) is 0 Å². The van der Waals surface area contributed by atoms with E-state index in [1.54, 1.807) is 18.2 Å². The minimum Gasteiger partial charge on any atom is -0.386 e. The van der Waals surface area contributed by atoms with Crippen molar-refractivity contribution in [3.63, 3.8) is 0 Å². The van der Waals surface area contributed by atoms with Crippen LogP contribution in [-0.4, -0.2) is 25.0 Å². The van der Waals surface area contributed by atoms with Gasteiger partial charge in [0.2, 0.25) is 0 Å². The Labute approximate surface area is 161 Å². The molecule has 0 radical (unpaired) electrons. The van der Waals surface area contributed by atoms with E-state index in [4.69, 9.17) is 5.73 Å². The topological polar surface area (TPSA) is 79.2 Å². The quantitative estimate of drug-likeness (QED) is 0.611. The summed E-state index contributed by atoms with van der Waals surface area (Å²) in [6.45, 7) is 5.37. The Kier molecular flexibility index (Phi) is 6.12. The average Bonchev–Trinajstić information content (AvgIpc) is 3.03. The second kappa shape index (κ2) is 8.71. The fraction of sp³-hybridized carbons (Fsp3) is 0.250. The average molecular weight is 384 g/mol. The van der Waals surface area contributed by atoms with E-state index in [1.165, 1.54) is 23.5 Å². The van der Waals surface area contributed by atoms with Crippen LogP contribution in [0.2, 0.25) is 0 Å². The monoisotopic (exact) mass is 384 g/mol. The van der Waals surface area contributed by atoms with Crippen molar-refractivity contribution in [1.82, 2.24) is 10.6 Å². The van der Waals surface area contributed by atoms with Crippen molar-refractivity contribution < 1.29 is 9.18 Å². The van der Waals surface area contributed by atoms with Crippen LogP contribution in [0.4, 0.5) is 10.1 Å². The number of thiophene rings is 1. The molecule has 0 saturated carbocycles. The Morgan fingerprint density at radius 3 is 2.93 bits per heavy atom. The van der Waals surface area contributed by atoms with Crippen LogP contribution >= 0.6 is 11.3 Å². The normalized spacial score (nSPS) is 16.1. The highest BCUT2D eigenvalue weighted by molar-refractivity contribution is 7.15. The first kappa shape index (κ1) is 19.0. The summed E-state index contributed by atoms with van der Waals surface area (Å²) < 4.78 is 13.3. The number of rotatable bonds is 4. The molecular formula is C20H21FN4OS. The number of nitrogens with two attached hydrogens (primary N) is 1. The number of halogens is 1. The molecule has 1 amide bonds. The zero-order chi connectivity index (χ0) is 19.2. The fourth-order valence-corrected chi connectivity index (χ4v) is 3.68. The molecule has 1 fully saturated rings. The van der Waals surface area contributed by atoms with Gasteiger partial charge in [0, 0.05) is 18.2 Å². The Hall–Kier alpha value is -2.82. The summed E-state index contributed by atoms with van der Waals surface area (Å²) in [6.07, 6.45) is 1.98. The molecule has 0 bridgehead atoms. The van der Waals surface area contributed by atoms with Crippen molar-refractivity contribution >= 4 is 22.9 Å². The number of piperidine rings is 1. The summed E-state index contributed by atoms with van der Waals surface area (Å²) in [7, 11) is 0. The summed E-state index contributed by atoms with van der Waals surface area (Å²) in [4.78, 5) is 13.9. The van der Waals surface area contributed by atoms with E-state index >= 15 is 0 Å². The lowest BCUT2D eigenvalue weighted by atomic mass is 10.1. The van der Waals surface area contributed by atoms with E-state index in [0.717, 1.165) is 25.9 Å². The number of amides is 1. The fourth-order valence-electron chi connectivity index (χ4n) is 2.81. The maximum Gasteiger partial charge on any atom is 0.263 e. The highest BCUT2D eigenvalue weighted by atomic mass is 32.1. The summed E-state index contributed by atoms with van der Waals surface area (Å²) >= 11 is 1.26. The molecule has 1 saturated heterocycles. The predicted octanol–water partition coefficient (Wildman–Crippen LogP) is 2.61. The first-order valence-corrected chi connectivity index (χ1v) is 9.47. The molecule has 0 aliphatic carbocycles. The predicted molar refractivity (Wildman–Crippen MR) is 107 cm³/mol. The smallest absolute Gasteiger partial charge is 0.263 e. The minimum atomic E-state index is -0.337. The molecule has 5 nitrogen and oxygen atoms in total. The van der Waals surface area contributed by atoms with Crippen LogP contribution in [0.15, 0.2) is 42.7 Å². The zero-order valence-corrected chi connectivity index (χ0v) is 15.6. The van der Waals surface area contributed by atoms with Gasteiger partial charge >= 0.3 is 0 Å².